The van der Waals surface area contributed by atoms with Crippen molar-refractivity contribution >= 4 is 17.5 Å². The Morgan fingerprint density at radius 2 is 1.77 bits per heavy atom. The molecule has 1 aromatic rings. The van der Waals surface area contributed by atoms with Crippen molar-refractivity contribution in [3.05, 3.63) is 35.9 Å². The molecule has 2 N–H and O–H groups in total. The van der Waals surface area contributed by atoms with Gasteiger partial charge >= 0.3 is 11.8 Å². The van der Waals surface area contributed by atoms with Crippen LogP contribution in [0.15, 0.2) is 35.4 Å². The number of likely N-dealkylation sites (tertiary alicyclic amines) is 1. The summed E-state index contributed by atoms with van der Waals surface area (Å²) in [7, 11) is 2.05. The van der Waals surface area contributed by atoms with Gasteiger partial charge in [0, 0.05) is 31.6 Å². The minimum Gasteiger partial charge on any atom is -0.341 e. The molecular weight excluding hydrogens is 280 g/mol. The number of nitrogens with zero attached hydrogens (tertiary/aromatic N) is 2. The van der Waals surface area contributed by atoms with E-state index in [1.54, 1.807) is 0 Å². The van der Waals surface area contributed by atoms with Gasteiger partial charge in [-0.05, 0) is 19.5 Å². The fraction of sp³-hybridized carbons (Fsp3) is 0.438. The Hall–Kier alpha value is -2.21. The molecule has 22 heavy (non-hydrogen) atoms. The van der Waals surface area contributed by atoms with Gasteiger partial charge in [-0.2, -0.15) is 5.10 Å². The van der Waals surface area contributed by atoms with Gasteiger partial charge in [-0.15, -0.1) is 0 Å². The number of hydrogen-bond acceptors (Lipinski definition) is 4. The highest BCUT2D eigenvalue weighted by atomic mass is 16.2. The minimum atomic E-state index is -0.728. The summed E-state index contributed by atoms with van der Waals surface area (Å²) in [6.07, 6.45) is 1.64. The van der Waals surface area contributed by atoms with Crippen LogP contribution in [0.3, 0.4) is 0 Å². The summed E-state index contributed by atoms with van der Waals surface area (Å²) >= 11 is 0. The second-order valence-corrected chi connectivity index (χ2v) is 5.53. The molecule has 0 bridgehead atoms. The van der Waals surface area contributed by atoms with Crippen LogP contribution in [0.5, 0.6) is 0 Å². The van der Waals surface area contributed by atoms with Gasteiger partial charge in [-0.3, -0.25) is 9.59 Å². The number of nitrogens with one attached hydrogen (secondary N) is 2. The smallest absolute Gasteiger partial charge is 0.329 e. The molecule has 0 aromatic heterocycles. The van der Waals surface area contributed by atoms with Gasteiger partial charge in [-0.1, -0.05) is 30.3 Å². The van der Waals surface area contributed by atoms with Crippen LogP contribution in [-0.2, 0) is 9.59 Å². The van der Waals surface area contributed by atoms with Crippen LogP contribution in [0.25, 0.3) is 0 Å². The summed E-state index contributed by atoms with van der Waals surface area (Å²) in [5, 5.41) is 6.71. The molecule has 0 saturated carbocycles. The maximum atomic E-state index is 11.9. The molecule has 1 saturated heterocycles. The lowest BCUT2D eigenvalue weighted by atomic mass is 10.1. The summed E-state index contributed by atoms with van der Waals surface area (Å²) < 4.78 is 0. The summed E-state index contributed by atoms with van der Waals surface area (Å²) in [5.74, 6) is -1.40. The number of hydrazone groups is 1. The zero-order valence-corrected chi connectivity index (χ0v) is 13.0. The Labute approximate surface area is 130 Å². The van der Waals surface area contributed by atoms with Crippen LogP contribution in [-0.4, -0.2) is 42.6 Å². The second-order valence-electron chi connectivity index (χ2n) is 5.53. The Morgan fingerprint density at radius 1 is 1.14 bits per heavy atom. The molecule has 6 nitrogen and oxygen atoms in total. The molecule has 1 aliphatic rings. The van der Waals surface area contributed by atoms with E-state index in [0.29, 0.717) is 0 Å². The van der Waals surface area contributed by atoms with E-state index in [1.165, 1.54) is 0 Å². The summed E-state index contributed by atoms with van der Waals surface area (Å²) in [6, 6.07) is 9.27. The van der Waals surface area contributed by atoms with Crippen LogP contribution in [0.2, 0.25) is 0 Å². The molecular formula is C16H22N4O2. The summed E-state index contributed by atoms with van der Waals surface area (Å²) in [5.41, 5.74) is 4.22. The van der Waals surface area contributed by atoms with E-state index in [9.17, 15) is 9.59 Å². The van der Waals surface area contributed by atoms with E-state index < -0.39 is 11.8 Å². The minimum absolute atomic E-state index is 0.226. The predicted molar refractivity (Wildman–Crippen MR) is 85.3 cm³/mol. The number of carbonyl (C=O) groups excluding carboxylic acids is 2. The highest BCUT2D eigenvalue weighted by Crippen LogP contribution is 2.10. The van der Waals surface area contributed by atoms with E-state index in [1.807, 2.05) is 44.3 Å². The molecule has 1 aliphatic heterocycles. The van der Waals surface area contributed by atoms with Gasteiger partial charge in [0.2, 0.25) is 0 Å². The number of amides is 2. The first-order valence-electron chi connectivity index (χ1n) is 7.46. The third kappa shape index (κ3) is 4.66. The lowest BCUT2D eigenvalue weighted by molar-refractivity contribution is -0.139. The first kappa shape index (κ1) is 16.2. The van der Waals surface area contributed by atoms with Crippen molar-refractivity contribution in [2.75, 3.05) is 20.1 Å². The second kappa shape index (κ2) is 7.70. The van der Waals surface area contributed by atoms with E-state index in [-0.39, 0.29) is 6.04 Å². The molecule has 118 valence electrons. The van der Waals surface area contributed by atoms with Crippen molar-refractivity contribution < 1.29 is 9.59 Å². The average Bonchev–Trinajstić information content (AvgIpc) is 2.54. The van der Waals surface area contributed by atoms with E-state index in [0.717, 1.165) is 37.2 Å². The van der Waals surface area contributed by atoms with Crippen molar-refractivity contribution in [1.29, 1.82) is 0 Å². The monoisotopic (exact) mass is 302 g/mol. The number of piperidine rings is 1. The number of carbonyl (C=O) groups is 2. The average molecular weight is 302 g/mol. The predicted octanol–water partition coefficient (Wildman–Crippen LogP) is 1.06. The molecule has 2 amide bonds. The lowest BCUT2D eigenvalue weighted by Crippen LogP contribution is -2.40. The quantitative estimate of drug-likeness (QED) is 0.648. The van der Waals surface area contributed by atoms with Gasteiger partial charge in [0.05, 0.1) is 6.04 Å². The Bertz CT molecular complexity index is 547. The van der Waals surface area contributed by atoms with E-state index >= 15 is 0 Å². The largest absolute Gasteiger partial charge is 0.341 e. The zero-order chi connectivity index (χ0) is 15.9. The van der Waals surface area contributed by atoms with Crippen molar-refractivity contribution in [2.24, 2.45) is 5.10 Å². The number of benzene rings is 1. The van der Waals surface area contributed by atoms with Crippen molar-refractivity contribution in [2.45, 2.75) is 25.8 Å². The Balaban J connectivity index is 1.82. The summed E-state index contributed by atoms with van der Waals surface area (Å²) in [6.45, 7) is 3.68. The van der Waals surface area contributed by atoms with Gasteiger partial charge in [0.1, 0.15) is 0 Å². The molecule has 1 aromatic carbocycles. The molecule has 0 radical (unpaired) electrons. The van der Waals surface area contributed by atoms with Gasteiger partial charge in [0.25, 0.3) is 0 Å². The topological polar surface area (TPSA) is 73.8 Å². The van der Waals surface area contributed by atoms with Crippen LogP contribution in [0.1, 0.15) is 31.4 Å². The summed E-state index contributed by atoms with van der Waals surface area (Å²) in [4.78, 5) is 25.8. The molecule has 0 unspecified atom stereocenters. The normalized spacial score (nSPS) is 16.7. The standard InChI is InChI=1S/C16H22N4O2/c1-12(13-6-4-3-5-7-13)17-15(21)16(22)19-18-14-8-10-20(2)11-9-14/h3-7,12H,8-11H2,1-2H3,(H,17,21)(H,19,22)/t12-/m1/s1. The zero-order valence-electron chi connectivity index (χ0n) is 13.0. The molecule has 0 aliphatic carbocycles. The van der Waals surface area contributed by atoms with Crippen LogP contribution in [0.4, 0.5) is 0 Å². The Morgan fingerprint density at radius 3 is 2.41 bits per heavy atom. The first-order valence-corrected chi connectivity index (χ1v) is 7.46. The maximum Gasteiger partial charge on any atom is 0.329 e. The third-order valence-corrected chi connectivity index (χ3v) is 3.73. The van der Waals surface area contributed by atoms with Crippen LogP contribution in [0, 0.1) is 0 Å². The first-order chi connectivity index (χ1) is 10.6. The van der Waals surface area contributed by atoms with Gasteiger partial charge < -0.3 is 10.2 Å². The third-order valence-electron chi connectivity index (χ3n) is 3.73. The van der Waals surface area contributed by atoms with Gasteiger partial charge in [-0.25, -0.2) is 5.43 Å². The van der Waals surface area contributed by atoms with E-state index in [2.05, 4.69) is 20.7 Å². The number of rotatable bonds is 3. The molecule has 1 fully saturated rings. The molecule has 1 heterocycles. The van der Waals surface area contributed by atoms with Crippen molar-refractivity contribution in [3.8, 4) is 0 Å². The molecule has 2 rings (SSSR count). The highest BCUT2D eigenvalue weighted by molar-refractivity contribution is 6.35. The highest BCUT2D eigenvalue weighted by Gasteiger charge is 2.17. The van der Waals surface area contributed by atoms with Crippen LogP contribution < -0.4 is 10.7 Å². The van der Waals surface area contributed by atoms with Crippen molar-refractivity contribution in [1.82, 2.24) is 15.6 Å². The Kier molecular flexibility index (Phi) is 5.66. The molecule has 1 atom stereocenters. The number of hydrogen-bond donors (Lipinski definition) is 2. The SMILES string of the molecule is C[C@@H](NC(=O)C(=O)NN=C1CCN(C)CC1)c1ccccc1. The lowest BCUT2D eigenvalue weighted by Gasteiger charge is -2.22. The molecule has 6 heteroatoms. The van der Waals surface area contributed by atoms with Crippen LogP contribution >= 0.6 is 0 Å². The van der Waals surface area contributed by atoms with Crippen molar-refractivity contribution in [3.63, 3.8) is 0 Å². The fourth-order valence-electron chi connectivity index (χ4n) is 2.26. The van der Waals surface area contributed by atoms with Gasteiger partial charge in [0.15, 0.2) is 0 Å². The van der Waals surface area contributed by atoms with E-state index in [4.69, 9.17) is 0 Å². The maximum absolute atomic E-state index is 11.9. The fourth-order valence-corrected chi connectivity index (χ4v) is 2.26. The molecule has 0 spiro atoms.